The van der Waals surface area contributed by atoms with Crippen LogP contribution in [0.1, 0.15) is 15.4 Å². The van der Waals surface area contributed by atoms with Gasteiger partial charge in [-0.15, -0.1) is 11.3 Å². The van der Waals surface area contributed by atoms with Gasteiger partial charge in [-0.25, -0.2) is 15.0 Å². The van der Waals surface area contributed by atoms with Crippen molar-refractivity contribution in [3.8, 4) is 0 Å². The van der Waals surface area contributed by atoms with Crippen LogP contribution in [-0.4, -0.2) is 59.0 Å². The summed E-state index contributed by atoms with van der Waals surface area (Å²) in [6.45, 7) is 5.73. The van der Waals surface area contributed by atoms with Gasteiger partial charge < -0.3 is 9.80 Å². The second-order valence-electron chi connectivity index (χ2n) is 5.28. The number of nitrogens with one attached hydrogen (secondary N) is 1. The minimum atomic E-state index is -0.257. The van der Waals surface area contributed by atoms with Crippen LogP contribution in [0.25, 0.3) is 0 Å². The van der Waals surface area contributed by atoms with Crippen molar-refractivity contribution < 1.29 is 4.79 Å². The lowest BCUT2D eigenvalue weighted by atomic mass is 10.3. The van der Waals surface area contributed by atoms with Gasteiger partial charge in [0.15, 0.2) is 5.13 Å². The van der Waals surface area contributed by atoms with Gasteiger partial charge in [0.05, 0.1) is 0 Å². The second-order valence-corrected chi connectivity index (χ2v) is 6.52. The maximum Gasteiger partial charge on any atom is 0.276 e. The van der Waals surface area contributed by atoms with Gasteiger partial charge in [0.1, 0.15) is 17.8 Å². The summed E-state index contributed by atoms with van der Waals surface area (Å²) >= 11 is 1.44. The Morgan fingerprint density at radius 3 is 2.68 bits per heavy atom. The summed E-state index contributed by atoms with van der Waals surface area (Å²) in [5.74, 6) is 0.538. The Bertz CT molecular complexity index is 665. The molecule has 1 aliphatic rings. The topological polar surface area (TPSA) is 74.2 Å². The third-order valence-corrected chi connectivity index (χ3v) is 4.38. The SMILES string of the molecule is Cc1cnc(NC(=O)c2cc(N3CCN(C)CC3)ncn2)s1. The second kappa shape index (κ2) is 6.37. The quantitative estimate of drug-likeness (QED) is 0.918. The summed E-state index contributed by atoms with van der Waals surface area (Å²) in [6.07, 6.45) is 3.17. The van der Waals surface area contributed by atoms with Crippen molar-refractivity contribution in [2.45, 2.75) is 6.92 Å². The third kappa shape index (κ3) is 3.40. The maximum absolute atomic E-state index is 12.2. The summed E-state index contributed by atoms with van der Waals surface area (Å²) < 4.78 is 0. The molecule has 1 amide bonds. The van der Waals surface area contributed by atoms with Crippen molar-refractivity contribution in [3.05, 3.63) is 29.2 Å². The summed E-state index contributed by atoms with van der Waals surface area (Å²) in [4.78, 5) is 30.2. The molecule has 2 aromatic heterocycles. The minimum Gasteiger partial charge on any atom is -0.354 e. The Morgan fingerprint density at radius 2 is 2.00 bits per heavy atom. The van der Waals surface area contributed by atoms with Crippen molar-refractivity contribution in [1.29, 1.82) is 0 Å². The van der Waals surface area contributed by atoms with Crippen LogP contribution in [0.3, 0.4) is 0 Å². The van der Waals surface area contributed by atoms with E-state index >= 15 is 0 Å². The first-order valence-electron chi connectivity index (χ1n) is 7.11. The summed E-state index contributed by atoms with van der Waals surface area (Å²) in [6, 6.07) is 1.74. The normalized spacial score (nSPS) is 15.8. The van der Waals surface area contributed by atoms with E-state index in [9.17, 15) is 4.79 Å². The smallest absolute Gasteiger partial charge is 0.276 e. The fourth-order valence-electron chi connectivity index (χ4n) is 2.25. The number of carbonyl (C=O) groups excluding carboxylic acids is 1. The lowest BCUT2D eigenvalue weighted by molar-refractivity contribution is 0.102. The van der Waals surface area contributed by atoms with Crippen LogP contribution < -0.4 is 10.2 Å². The fraction of sp³-hybridized carbons (Fsp3) is 0.429. The molecule has 0 unspecified atom stereocenters. The molecule has 22 heavy (non-hydrogen) atoms. The largest absolute Gasteiger partial charge is 0.354 e. The molecule has 0 saturated carbocycles. The van der Waals surface area contributed by atoms with E-state index < -0.39 is 0 Å². The van der Waals surface area contributed by atoms with Gasteiger partial charge in [0.2, 0.25) is 0 Å². The lowest BCUT2D eigenvalue weighted by Crippen LogP contribution is -2.44. The zero-order chi connectivity index (χ0) is 15.5. The molecule has 2 aromatic rings. The maximum atomic E-state index is 12.2. The van der Waals surface area contributed by atoms with Crippen LogP contribution in [-0.2, 0) is 0 Å². The molecule has 3 heterocycles. The number of aromatic nitrogens is 3. The molecular formula is C14H18N6OS. The molecule has 116 valence electrons. The molecule has 0 bridgehead atoms. The summed E-state index contributed by atoms with van der Waals surface area (Å²) in [5, 5.41) is 3.35. The highest BCUT2D eigenvalue weighted by Crippen LogP contribution is 2.18. The van der Waals surface area contributed by atoms with Gasteiger partial charge in [-0.3, -0.25) is 10.1 Å². The number of thiazole rings is 1. The first-order chi connectivity index (χ1) is 10.6. The highest BCUT2D eigenvalue weighted by Gasteiger charge is 2.17. The van der Waals surface area contributed by atoms with E-state index in [-0.39, 0.29) is 5.91 Å². The number of carbonyl (C=O) groups is 1. The van der Waals surface area contributed by atoms with Gasteiger partial charge >= 0.3 is 0 Å². The predicted octanol–water partition coefficient (Wildman–Crippen LogP) is 1.25. The minimum absolute atomic E-state index is 0.257. The van der Waals surface area contributed by atoms with Crippen molar-refractivity contribution >= 4 is 28.2 Å². The Labute approximate surface area is 133 Å². The van der Waals surface area contributed by atoms with Crippen molar-refractivity contribution in [2.24, 2.45) is 0 Å². The van der Waals surface area contributed by atoms with E-state index in [1.807, 2.05) is 6.92 Å². The van der Waals surface area contributed by atoms with Crippen LogP contribution in [0.2, 0.25) is 0 Å². The van der Waals surface area contributed by atoms with Gasteiger partial charge in [0, 0.05) is 43.3 Å². The number of amides is 1. The number of anilines is 2. The third-order valence-electron chi connectivity index (χ3n) is 3.55. The molecule has 0 aliphatic carbocycles. The number of nitrogens with zero attached hydrogens (tertiary/aromatic N) is 5. The van der Waals surface area contributed by atoms with Gasteiger partial charge in [-0.05, 0) is 14.0 Å². The van der Waals surface area contributed by atoms with E-state index in [4.69, 9.17) is 0 Å². The molecule has 0 spiro atoms. The van der Waals surface area contributed by atoms with Crippen LogP contribution in [0.4, 0.5) is 10.9 Å². The summed E-state index contributed by atoms with van der Waals surface area (Å²) in [7, 11) is 2.10. The van der Waals surface area contributed by atoms with Gasteiger partial charge in [-0.2, -0.15) is 0 Å². The van der Waals surface area contributed by atoms with E-state index in [2.05, 4.69) is 37.1 Å². The Morgan fingerprint density at radius 1 is 1.23 bits per heavy atom. The first-order valence-corrected chi connectivity index (χ1v) is 7.93. The number of hydrogen-bond acceptors (Lipinski definition) is 7. The van der Waals surface area contributed by atoms with E-state index in [1.165, 1.54) is 17.7 Å². The Balaban J connectivity index is 1.71. The molecule has 8 heteroatoms. The highest BCUT2D eigenvalue weighted by molar-refractivity contribution is 7.15. The number of rotatable bonds is 3. The number of aryl methyl sites for hydroxylation is 1. The molecule has 0 atom stereocenters. The van der Waals surface area contributed by atoms with Crippen molar-refractivity contribution in [3.63, 3.8) is 0 Å². The predicted molar refractivity (Wildman–Crippen MR) is 86.5 cm³/mol. The molecule has 1 fully saturated rings. The van der Waals surface area contributed by atoms with E-state index in [0.717, 1.165) is 36.9 Å². The highest BCUT2D eigenvalue weighted by atomic mass is 32.1. The fourth-order valence-corrected chi connectivity index (χ4v) is 2.91. The van der Waals surface area contributed by atoms with Crippen LogP contribution >= 0.6 is 11.3 Å². The first kappa shape index (κ1) is 14.9. The van der Waals surface area contributed by atoms with Crippen LogP contribution in [0.5, 0.6) is 0 Å². The standard InChI is InChI=1S/C14H18N6OS/c1-10-8-15-14(22-10)18-13(21)11-7-12(17-9-16-11)20-5-3-19(2)4-6-20/h7-9H,3-6H2,1-2H3,(H,15,18,21). The van der Waals surface area contributed by atoms with Crippen molar-refractivity contribution in [2.75, 3.05) is 43.4 Å². The number of piperazine rings is 1. The molecule has 3 rings (SSSR count). The Kier molecular flexibility index (Phi) is 4.30. The lowest BCUT2D eigenvalue weighted by Gasteiger charge is -2.33. The average molecular weight is 318 g/mol. The molecule has 1 aliphatic heterocycles. The monoisotopic (exact) mass is 318 g/mol. The average Bonchev–Trinajstić information content (AvgIpc) is 2.93. The van der Waals surface area contributed by atoms with Crippen LogP contribution in [0.15, 0.2) is 18.6 Å². The van der Waals surface area contributed by atoms with E-state index in [0.29, 0.717) is 10.8 Å². The van der Waals surface area contributed by atoms with Gasteiger partial charge in [0.25, 0.3) is 5.91 Å². The molecule has 7 nitrogen and oxygen atoms in total. The van der Waals surface area contributed by atoms with E-state index in [1.54, 1.807) is 12.3 Å². The number of hydrogen-bond donors (Lipinski definition) is 1. The molecule has 0 radical (unpaired) electrons. The Hall–Kier alpha value is -2.06. The van der Waals surface area contributed by atoms with Gasteiger partial charge in [-0.1, -0.05) is 0 Å². The zero-order valence-electron chi connectivity index (χ0n) is 12.6. The zero-order valence-corrected chi connectivity index (χ0v) is 13.4. The van der Waals surface area contributed by atoms with Crippen LogP contribution in [0, 0.1) is 6.92 Å². The molecule has 1 saturated heterocycles. The van der Waals surface area contributed by atoms with Crippen molar-refractivity contribution in [1.82, 2.24) is 19.9 Å². The summed E-state index contributed by atoms with van der Waals surface area (Å²) in [5.41, 5.74) is 0.358. The molecule has 0 aromatic carbocycles. The number of likely N-dealkylation sites (N-methyl/N-ethyl adjacent to an activating group) is 1. The molecular weight excluding hydrogens is 300 g/mol. The molecule has 1 N–H and O–H groups in total.